The molecule has 0 heterocycles. The fourth-order valence-corrected chi connectivity index (χ4v) is 1.75. The Hall–Kier alpha value is -1.55. The normalized spacial score (nSPS) is 11.2. The highest BCUT2D eigenvalue weighted by Gasteiger charge is 2.22. The number of hydrogen-bond donors (Lipinski definition) is 0. The van der Waals surface area contributed by atoms with Gasteiger partial charge < -0.3 is 4.74 Å². The number of ether oxygens (including phenoxy) is 1. The molecule has 0 bridgehead atoms. The van der Waals surface area contributed by atoms with Gasteiger partial charge in [0.25, 0.3) is 0 Å². The molecule has 0 saturated carbocycles. The monoisotopic (exact) mass is 293 g/mol. The van der Waals surface area contributed by atoms with E-state index in [1.165, 1.54) is 5.06 Å². The topological polar surface area (TPSA) is 38.8 Å². The fourth-order valence-electron chi connectivity index (χ4n) is 1.75. The molecule has 0 radical (unpaired) electrons. The Labute approximate surface area is 128 Å². The number of hydrogen-bond acceptors (Lipinski definition) is 3. The summed E-state index contributed by atoms with van der Waals surface area (Å²) in [5.41, 5.74) is 0.512. The molecule has 4 nitrogen and oxygen atoms in total. The highest BCUT2D eigenvalue weighted by atomic mass is 16.7. The quantitative estimate of drug-likeness (QED) is 0.547. The van der Waals surface area contributed by atoms with Gasteiger partial charge in [-0.3, -0.25) is 4.84 Å². The van der Waals surface area contributed by atoms with Gasteiger partial charge in [0.2, 0.25) is 0 Å². The molecule has 1 amide bonds. The molecule has 21 heavy (non-hydrogen) atoms. The Morgan fingerprint density at radius 1 is 1.14 bits per heavy atom. The average Bonchev–Trinajstić information content (AvgIpc) is 2.41. The van der Waals surface area contributed by atoms with Crippen LogP contribution in [0.3, 0.4) is 0 Å². The zero-order valence-corrected chi connectivity index (χ0v) is 13.6. The molecule has 0 aliphatic rings. The summed E-state index contributed by atoms with van der Waals surface area (Å²) in [5, 5.41) is 1.34. The smallest absolute Gasteiger partial charge is 0.434 e. The van der Waals surface area contributed by atoms with E-state index in [1.54, 1.807) is 0 Å². The number of rotatable bonds is 7. The predicted octanol–water partition coefficient (Wildman–Crippen LogP) is 4.55. The van der Waals surface area contributed by atoms with Crippen molar-refractivity contribution >= 4 is 6.09 Å². The number of nitrogens with zero attached hydrogens (tertiary/aromatic N) is 1. The molecule has 118 valence electrons. The second-order valence-corrected chi connectivity index (χ2v) is 6.05. The molecular formula is C17H27NO3. The third-order valence-electron chi connectivity index (χ3n) is 2.79. The first-order valence-electron chi connectivity index (χ1n) is 7.59. The fraction of sp³-hybridized carbons (Fsp3) is 0.588. The van der Waals surface area contributed by atoms with Crippen molar-refractivity contribution in [1.82, 2.24) is 5.06 Å². The van der Waals surface area contributed by atoms with Crippen molar-refractivity contribution in [2.75, 3.05) is 6.54 Å². The molecule has 0 spiro atoms. The van der Waals surface area contributed by atoms with E-state index in [9.17, 15) is 4.79 Å². The predicted molar refractivity (Wildman–Crippen MR) is 83.7 cm³/mol. The van der Waals surface area contributed by atoms with Crippen LogP contribution in [0.1, 0.15) is 52.5 Å². The zero-order valence-electron chi connectivity index (χ0n) is 13.6. The Bertz CT molecular complexity index is 412. The first kappa shape index (κ1) is 17.5. The van der Waals surface area contributed by atoms with E-state index >= 15 is 0 Å². The van der Waals surface area contributed by atoms with Crippen molar-refractivity contribution in [3.05, 3.63) is 35.9 Å². The van der Waals surface area contributed by atoms with Crippen molar-refractivity contribution in [1.29, 1.82) is 0 Å². The highest BCUT2D eigenvalue weighted by Crippen LogP contribution is 2.12. The lowest BCUT2D eigenvalue weighted by Gasteiger charge is -2.26. The molecule has 0 fully saturated rings. The van der Waals surface area contributed by atoms with Crippen LogP contribution in [-0.4, -0.2) is 23.3 Å². The van der Waals surface area contributed by atoms with Gasteiger partial charge >= 0.3 is 6.09 Å². The number of hydroxylamine groups is 2. The van der Waals surface area contributed by atoms with Gasteiger partial charge in [-0.1, -0.05) is 50.1 Å². The van der Waals surface area contributed by atoms with Crippen LogP contribution in [0, 0.1) is 0 Å². The van der Waals surface area contributed by atoms with Crippen molar-refractivity contribution in [3.8, 4) is 0 Å². The van der Waals surface area contributed by atoms with E-state index in [1.807, 2.05) is 51.1 Å². The van der Waals surface area contributed by atoms with E-state index < -0.39 is 11.7 Å². The Kier molecular flexibility index (Phi) is 7.23. The van der Waals surface area contributed by atoms with E-state index in [2.05, 4.69) is 6.92 Å². The highest BCUT2D eigenvalue weighted by molar-refractivity contribution is 5.66. The summed E-state index contributed by atoms with van der Waals surface area (Å²) < 4.78 is 5.38. The summed E-state index contributed by atoms with van der Waals surface area (Å²) >= 11 is 0. The lowest BCUT2D eigenvalue weighted by atomic mass is 10.2. The molecule has 0 aliphatic heterocycles. The number of carbonyl (C=O) groups is 1. The van der Waals surface area contributed by atoms with Crippen molar-refractivity contribution in [3.63, 3.8) is 0 Å². The minimum atomic E-state index is -0.518. The van der Waals surface area contributed by atoms with Gasteiger partial charge in [0, 0.05) is 0 Å². The number of benzene rings is 1. The molecular weight excluding hydrogens is 266 g/mol. The number of carbonyl (C=O) groups excluding carboxylic acids is 1. The summed E-state index contributed by atoms with van der Waals surface area (Å²) in [4.78, 5) is 17.8. The number of amides is 1. The van der Waals surface area contributed by atoms with Crippen LogP contribution < -0.4 is 0 Å². The van der Waals surface area contributed by atoms with Crippen molar-refractivity contribution < 1.29 is 14.4 Å². The van der Waals surface area contributed by atoms with E-state index in [4.69, 9.17) is 9.57 Å². The van der Waals surface area contributed by atoms with Gasteiger partial charge in [0.05, 0.1) is 6.54 Å². The van der Waals surface area contributed by atoms with Gasteiger partial charge in [-0.25, -0.2) is 4.79 Å². The third-order valence-corrected chi connectivity index (χ3v) is 2.79. The SMILES string of the molecule is CCCCCN(OCc1ccccc1)C(=O)OC(C)(C)C. The molecule has 1 aromatic carbocycles. The van der Waals surface area contributed by atoms with Gasteiger partial charge in [-0.15, -0.1) is 0 Å². The minimum absolute atomic E-state index is 0.367. The second-order valence-electron chi connectivity index (χ2n) is 6.05. The van der Waals surface area contributed by atoms with Crippen LogP contribution in [0.5, 0.6) is 0 Å². The van der Waals surface area contributed by atoms with Crippen molar-refractivity contribution in [2.24, 2.45) is 0 Å². The van der Waals surface area contributed by atoms with Crippen LogP contribution in [0.25, 0.3) is 0 Å². The zero-order chi connectivity index (χ0) is 15.7. The Morgan fingerprint density at radius 2 is 1.81 bits per heavy atom. The van der Waals surface area contributed by atoms with Crippen LogP contribution in [0.15, 0.2) is 30.3 Å². The van der Waals surface area contributed by atoms with Gasteiger partial charge in [0.15, 0.2) is 0 Å². The average molecular weight is 293 g/mol. The second kappa shape index (κ2) is 8.67. The molecule has 0 atom stereocenters. The maximum atomic E-state index is 12.2. The van der Waals surface area contributed by atoms with Gasteiger partial charge in [0.1, 0.15) is 12.2 Å². The lowest BCUT2D eigenvalue weighted by molar-refractivity contribution is -0.156. The van der Waals surface area contributed by atoms with Gasteiger partial charge in [-0.05, 0) is 32.8 Å². The van der Waals surface area contributed by atoms with Crippen LogP contribution in [-0.2, 0) is 16.2 Å². The molecule has 1 aromatic rings. The largest absolute Gasteiger partial charge is 0.442 e. The van der Waals surface area contributed by atoms with Crippen LogP contribution in [0.2, 0.25) is 0 Å². The summed E-state index contributed by atoms with van der Waals surface area (Å²) in [6.45, 7) is 8.61. The Balaban J connectivity index is 2.56. The molecule has 0 N–H and O–H groups in total. The lowest BCUT2D eigenvalue weighted by Crippen LogP contribution is -2.37. The number of unbranched alkanes of at least 4 members (excludes halogenated alkanes) is 2. The summed E-state index contributed by atoms with van der Waals surface area (Å²) in [7, 11) is 0. The van der Waals surface area contributed by atoms with E-state index in [0.29, 0.717) is 13.2 Å². The van der Waals surface area contributed by atoms with Crippen LogP contribution in [0.4, 0.5) is 4.79 Å². The maximum Gasteiger partial charge on any atom is 0.434 e. The van der Waals surface area contributed by atoms with Crippen LogP contribution >= 0.6 is 0 Å². The van der Waals surface area contributed by atoms with E-state index in [-0.39, 0.29) is 0 Å². The third kappa shape index (κ3) is 7.71. The standard InChI is InChI=1S/C17H27NO3/c1-5-6-10-13-18(16(19)21-17(2,3)4)20-14-15-11-8-7-9-12-15/h7-9,11-12H,5-6,10,13-14H2,1-4H3. The summed E-state index contributed by atoms with van der Waals surface area (Å²) in [6.07, 6.45) is 2.65. The Morgan fingerprint density at radius 3 is 2.38 bits per heavy atom. The summed E-state index contributed by atoms with van der Waals surface area (Å²) in [6, 6.07) is 9.80. The maximum absolute atomic E-state index is 12.2. The molecule has 1 rings (SSSR count). The van der Waals surface area contributed by atoms with Crippen molar-refractivity contribution in [2.45, 2.75) is 59.2 Å². The minimum Gasteiger partial charge on any atom is -0.442 e. The molecule has 0 aromatic heterocycles. The summed E-state index contributed by atoms with van der Waals surface area (Å²) in [5.74, 6) is 0. The van der Waals surface area contributed by atoms with E-state index in [0.717, 1.165) is 24.8 Å². The first-order valence-corrected chi connectivity index (χ1v) is 7.59. The molecule has 0 saturated heterocycles. The molecule has 4 heteroatoms. The molecule has 0 unspecified atom stereocenters. The first-order chi connectivity index (χ1) is 9.92. The molecule has 0 aliphatic carbocycles. The van der Waals surface area contributed by atoms with Gasteiger partial charge in [-0.2, -0.15) is 5.06 Å².